The van der Waals surface area contributed by atoms with Crippen molar-refractivity contribution in [1.29, 1.82) is 0 Å². The van der Waals surface area contributed by atoms with Gasteiger partial charge >= 0.3 is 0 Å². The van der Waals surface area contributed by atoms with E-state index in [2.05, 4.69) is 18.7 Å². The predicted molar refractivity (Wildman–Crippen MR) is 74.9 cm³/mol. The standard InChI is InChI=1S/C14H27N3O2/c1-14(2,11-15)17-8-6-16(7-9-17)13(18)12-5-3-4-10-19-12/h12H,3-11,15H2,1-2H3. The fourth-order valence-corrected chi connectivity index (χ4v) is 2.80. The lowest BCUT2D eigenvalue weighted by Crippen LogP contribution is -2.59. The van der Waals surface area contributed by atoms with Gasteiger partial charge in [-0.1, -0.05) is 0 Å². The maximum absolute atomic E-state index is 12.3. The number of rotatable bonds is 3. The summed E-state index contributed by atoms with van der Waals surface area (Å²) in [5.74, 6) is 0.185. The zero-order chi connectivity index (χ0) is 13.9. The van der Waals surface area contributed by atoms with Gasteiger partial charge in [-0.2, -0.15) is 0 Å². The maximum Gasteiger partial charge on any atom is 0.251 e. The van der Waals surface area contributed by atoms with Crippen molar-refractivity contribution >= 4 is 5.91 Å². The molecule has 2 saturated heterocycles. The zero-order valence-electron chi connectivity index (χ0n) is 12.2. The van der Waals surface area contributed by atoms with Gasteiger partial charge in [-0.25, -0.2) is 0 Å². The topological polar surface area (TPSA) is 58.8 Å². The second-order valence-electron chi connectivity index (χ2n) is 6.18. The predicted octanol–water partition coefficient (Wildman–Crippen LogP) is 0.437. The Labute approximate surface area is 116 Å². The van der Waals surface area contributed by atoms with Crippen molar-refractivity contribution in [3.05, 3.63) is 0 Å². The van der Waals surface area contributed by atoms with Gasteiger partial charge in [0.25, 0.3) is 5.91 Å². The lowest BCUT2D eigenvalue weighted by molar-refractivity contribution is -0.149. The molecule has 1 amide bonds. The van der Waals surface area contributed by atoms with Gasteiger partial charge in [0.15, 0.2) is 0 Å². The summed E-state index contributed by atoms with van der Waals surface area (Å²) in [6.07, 6.45) is 2.88. The molecule has 0 aliphatic carbocycles. The van der Waals surface area contributed by atoms with E-state index in [1.54, 1.807) is 0 Å². The summed E-state index contributed by atoms with van der Waals surface area (Å²) in [5.41, 5.74) is 5.83. The number of carbonyl (C=O) groups is 1. The van der Waals surface area contributed by atoms with Crippen molar-refractivity contribution in [2.75, 3.05) is 39.3 Å². The van der Waals surface area contributed by atoms with Crippen LogP contribution in [0, 0.1) is 0 Å². The van der Waals surface area contributed by atoms with Gasteiger partial charge in [0, 0.05) is 44.9 Å². The fraction of sp³-hybridized carbons (Fsp3) is 0.929. The molecule has 110 valence electrons. The Morgan fingerprint density at radius 3 is 2.47 bits per heavy atom. The van der Waals surface area contributed by atoms with Gasteiger partial charge in [0.05, 0.1) is 0 Å². The van der Waals surface area contributed by atoms with Crippen LogP contribution in [-0.4, -0.2) is 66.7 Å². The Bertz CT molecular complexity index is 306. The van der Waals surface area contributed by atoms with E-state index < -0.39 is 0 Å². The van der Waals surface area contributed by atoms with E-state index in [4.69, 9.17) is 10.5 Å². The van der Waals surface area contributed by atoms with Gasteiger partial charge in [-0.15, -0.1) is 0 Å². The molecule has 2 aliphatic rings. The molecule has 5 nitrogen and oxygen atoms in total. The number of piperazine rings is 1. The van der Waals surface area contributed by atoms with E-state index in [0.29, 0.717) is 6.54 Å². The van der Waals surface area contributed by atoms with Crippen molar-refractivity contribution in [3.63, 3.8) is 0 Å². The molecular weight excluding hydrogens is 242 g/mol. The van der Waals surface area contributed by atoms with E-state index in [1.165, 1.54) is 0 Å². The third-order valence-electron chi connectivity index (χ3n) is 4.40. The van der Waals surface area contributed by atoms with Crippen LogP contribution in [0.25, 0.3) is 0 Å². The average Bonchev–Trinajstić information content (AvgIpc) is 2.47. The van der Waals surface area contributed by atoms with Crippen molar-refractivity contribution in [3.8, 4) is 0 Å². The summed E-state index contributed by atoms with van der Waals surface area (Å²) in [5, 5.41) is 0. The minimum atomic E-state index is -0.192. The molecule has 2 heterocycles. The highest BCUT2D eigenvalue weighted by molar-refractivity contribution is 5.81. The van der Waals surface area contributed by atoms with E-state index >= 15 is 0 Å². The van der Waals surface area contributed by atoms with Crippen LogP contribution in [0.4, 0.5) is 0 Å². The summed E-state index contributed by atoms with van der Waals surface area (Å²) in [4.78, 5) is 16.7. The number of nitrogens with two attached hydrogens (primary N) is 1. The van der Waals surface area contributed by atoms with Crippen LogP contribution >= 0.6 is 0 Å². The lowest BCUT2D eigenvalue weighted by Gasteiger charge is -2.44. The SMILES string of the molecule is CC(C)(CN)N1CCN(C(=O)C2CCCCO2)CC1. The minimum Gasteiger partial charge on any atom is -0.368 e. The maximum atomic E-state index is 12.3. The highest BCUT2D eigenvalue weighted by Crippen LogP contribution is 2.19. The number of ether oxygens (including phenoxy) is 1. The summed E-state index contributed by atoms with van der Waals surface area (Å²) in [6, 6.07) is 0. The summed E-state index contributed by atoms with van der Waals surface area (Å²) in [6.45, 7) is 9.10. The van der Waals surface area contributed by atoms with Crippen LogP contribution < -0.4 is 5.73 Å². The smallest absolute Gasteiger partial charge is 0.251 e. The summed E-state index contributed by atoms with van der Waals surface area (Å²) < 4.78 is 5.58. The van der Waals surface area contributed by atoms with Gasteiger partial charge in [-0.05, 0) is 33.1 Å². The molecular formula is C14H27N3O2. The first-order valence-corrected chi connectivity index (χ1v) is 7.40. The van der Waals surface area contributed by atoms with Gasteiger partial charge in [-0.3, -0.25) is 9.69 Å². The summed E-state index contributed by atoms with van der Waals surface area (Å²) in [7, 11) is 0. The van der Waals surface area contributed by atoms with Gasteiger partial charge in [0.1, 0.15) is 6.10 Å². The Morgan fingerprint density at radius 2 is 1.95 bits per heavy atom. The number of hydrogen-bond acceptors (Lipinski definition) is 4. The van der Waals surface area contributed by atoms with Gasteiger partial charge in [0.2, 0.25) is 0 Å². The average molecular weight is 269 g/mol. The van der Waals surface area contributed by atoms with E-state index in [9.17, 15) is 4.79 Å². The molecule has 2 fully saturated rings. The van der Waals surface area contributed by atoms with Crippen molar-refractivity contribution in [2.24, 2.45) is 5.73 Å². The molecule has 19 heavy (non-hydrogen) atoms. The van der Waals surface area contributed by atoms with E-state index in [0.717, 1.165) is 52.0 Å². The summed E-state index contributed by atoms with van der Waals surface area (Å²) >= 11 is 0. The van der Waals surface area contributed by atoms with Crippen LogP contribution in [0.1, 0.15) is 33.1 Å². The van der Waals surface area contributed by atoms with E-state index in [1.807, 2.05) is 4.90 Å². The molecule has 0 aromatic carbocycles. The number of carbonyl (C=O) groups excluding carboxylic acids is 1. The largest absolute Gasteiger partial charge is 0.368 e. The third-order valence-corrected chi connectivity index (χ3v) is 4.40. The molecule has 0 radical (unpaired) electrons. The fourth-order valence-electron chi connectivity index (χ4n) is 2.80. The Balaban J connectivity index is 1.84. The van der Waals surface area contributed by atoms with E-state index in [-0.39, 0.29) is 17.6 Å². The van der Waals surface area contributed by atoms with Crippen LogP contribution in [0.2, 0.25) is 0 Å². The molecule has 0 spiro atoms. The molecule has 1 unspecified atom stereocenters. The molecule has 5 heteroatoms. The molecule has 0 saturated carbocycles. The Kier molecular flexibility index (Phi) is 4.81. The lowest BCUT2D eigenvalue weighted by atomic mass is 10.0. The van der Waals surface area contributed by atoms with Crippen molar-refractivity contribution < 1.29 is 9.53 Å². The van der Waals surface area contributed by atoms with Crippen LogP contribution in [-0.2, 0) is 9.53 Å². The number of hydrogen-bond donors (Lipinski definition) is 1. The Hall–Kier alpha value is -0.650. The normalized spacial score (nSPS) is 26.5. The quantitative estimate of drug-likeness (QED) is 0.807. The molecule has 2 N–H and O–H groups in total. The van der Waals surface area contributed by atoms with Crippen LogP contribution in [0.15, 0.2) is 0 Å². The molecule has 2 rings (SSSR count). The third kappa shape index (κ3) is 3.46. The minimum absolute atomic E-state index is 0.0243. The monoisotopic (exact) mass is 269 g/mol. The van der Waals surface area contributed by atoms with Crippen LogP contribution in [0.3, 0.4) is 0 Å². The molecule has 2 aliphatic heterocycles. The first kappa shape index (κ1) is 14.8. The second kappa shape index (κ2) is 6.20. The second-order valence-corrected chi connectivity index (χ2v) is 6.18. The van der Waals surface area contributed by atoms with Gasteiger partial charge < -0.3 is 15.4 Å². The Morgan fingerprint density at radius 1 is 1.26 bits per heavy atom. The first-order chi connectivity index (χ1) is 9.04. The van der Waals surface area contributed by atoms with Crippen molar-refractivity contribution in [1.82, 2.24) is 9.80 Å². The molecule has 1 atom stereocenters. The zero-order valence-corrected chi connectivity index (χ0v) is 12.2. The highest BCUT2D eigenvalue weighted by Gasteiger charge is 2.33. The van der Waals surface area contributed by atoms with Crippen molar-refractivity contribution in [2.45, 2.75) is 44.8 Å². The number of nitrogens with zero attached hydrogens (tertiary/aromatic N) is 2. The molecule has 0 bridgehead atoms. The molecule has 0 aromatic rings. The number of amides is 1. The van der Waals surface area contributed by atoms with Crippen LogP contribution in [0.5, 0.6) is 0 Å². The molecule has 0 aromatic heterocycles. The highest BCUT2D eigenvalue weighted by atomic mass is 16.5. The first-order valence-electron chi connectivity index (χ1n) is 7.40.